The van der Waals surface area contributed by atoms with Crippen LogP contribution in [0.4, 0.5) is 0 Å². The average Bonchev–Trinajstić information content (AvgIpc) is 2.27. The van der Waals surface area contributed by atoms with Gasteiger partial charge in [-0.1, -0.05) is 0 Å². The molecule has 0 aliphatic heterocycles. The Labute approximate surface area is 99.9 Å². The number of rotatable bonds is 4. The number of ether oxygens (including phenoxy) is 1. The fourth-order valence-electron chi connectivity index (χ4n) is 1.25. The normalized spacial score (nSPS) is 11.1. The number of esters is 1. The second kappa shape index (κ2) is 5.89. The highest BCUT2D eigenvalue weighted by molar-refractivity contribution is 6.09. The molecule has 0 fully saturated rings. The zero-order valence-electron chi connectivity index (χ0n) is 10.2. The summed E-state index contributed by atoms with van der Waals surface area (Å²) in [5, 5.41) is 0. The molecule has 5 heteroatoms. The molecule has 0 aliphatic rings. The first kappa shape index (κ1) is 13.0. The lowest BCUT2D eigenvalue weighted by Gasteiger charge is -2.13. The molecule has 17 heavy (non-hydrogen) atoms. The molecular formula is C12H16N2O3. The van der Waals surface area contributed by atoms with Gasteiger partial charge in [0.05, 0.1) is 6.61 Å². The van der Waals surface area contributed by atoms with Gasteiger partial charge >= 0.3 is 5.97 Å². The standard InChI is InChI=1S/C12H16N2O3/c1-4-17-12(16)11(9-13(2)3)14-7-5-10(15)6-8-14/h5-9H,4H2,1-3H3. The van der Waals surface area contributed by atoms with Gasteiger partial charge < -0.3 is 14.2 Å². The number of carbonyl (C=O) groups excluding carboxylic acids is 1. The number of carbonyl (C=O) groups is 1. The van der Waals surface area contributed by atoms with Gasteiger partial charge in [0.25, 0.3) is 0 Å². The Balaban J connectivity index is 3.11. The smallest absolute Gasteiger partial charge is 0.356 e. The monoisotopic (exact) mass is 236 g/mol. The van der Waals surface area contributed by atoms with Crippen LogP contribution in [0.15, 0.2) is 35.5 Å². The Morgan fingerprint density at radius 2 is 2.00 bits per heavy atom. The van der Waals surface area contributed by atoms with Gasteiger partial charge in [0.1, 0.15) is 5.70 Å². The molecule has 5 nitrogen and oxygen atoms in total. The predicted octanol–water partition coefficient (Wildman–Crippen LogP) is 0.771. The van der Waals surface area contributed by atoms with Crippen molar-refractivity contribution in [2.75, 3.05) is 20.7 Å². The Hall–Kier alpha value is -2.04. The van der Waals surface area contributed by atoms with E-state index in [4.69, 9.17) is 4.74 Å². The Kier molecular flexibility index (Phi) is 4.51. The summed E-state index contributed by atoms with van der Waals surface area (Å²) in [5.41, 5.74) is 0.256. The van der Waals surface area contributed by atoms with E-state index in [2.05, 4.69) is 0 Å². The SMILES string of the molecule is CCOC(=O)C(=CN(C)C)n1ccc(=O)cc1. The average molecular weight is 236 g/mol. The van der Waals surface area contributed by atoms with E-state index in [9.17, 15) is 9.59 Å². The molecule has 1 aromatic rings. The summed E-state index contributed by atoms with van der Waals surface area (Å²) in [6.45, 7) is 2.06. The molecule has 0 atom stereocenters. The Morgan fingerprint density at radius 3 is 2.47 bits per heavy atom. The van der Waals surface area contributed by atoms with Crippen LogP contribution in [0.1, 0.15) is 6.92 Å². The maximum atomic E-state index is 11.7. The lowest BCUT2D eigenvalue weighted by Crippen LogP contribution is -2.17. The fraction of sp³-hybridized carbons (Fsp3) is 0.333. The zero-order chi connectivity index (χ0) is 12.8. The molecule has 0 spiro atoms. The summed E-state index contributed by atoms with van der Waals surface area (Å²) in [7, 11) is 3.61. The minimum Gasteiger partial charge on any atom is -0.461 e. The van der Waals surface area contributed by atoms with Crippen molar-refractivity contribution in [2.45, 2.75) is 6.92 Å². The second-order valence-corrected chi connectivity index (χ2v) is 3.64. The van der Waals surface area contributed by atoms with Crippen molar-refractivity contribution in [1.82, 2.24) is 9.47 Å². The highest BCUT2D eigenvalue weighted by Gasteiger charge is 2.12. The molecule has 1 heterocycles. The van der Waals surface area contributed by atoms with Gasteiger partial charge in [-0.3, -0.25) is 4.79 Å². The van der Waals surface area contributed by atoms with Gasteiger partial charge in [0.2, 0.25) is 0 Å². The van der Waals surface area contributed by atoms with E-state index >= 15 is 0 Å². The van der Waals surface area contributed by atoms with Crippen molar-refractivity contribution in [3.05, 3.63) is 40.9 Å². The van der Waals surface area contributed by atoms with E-state index < -0.39 is 5.97 Å². The van der Waals surface area contributed by atoms with E-state index in [0.29, 0.717) is 12.3 Å². The first-order chi connectivity index (χ1) is 8.04. The maximum Gasteiger partial charge on any atom is 0.356 e. The lowest BCUT2D eigenvalue weighted by atomic mass is 10.4. The van der Waals surface area contributed by atoms with Crippen molar-refractivity contribution in [1.29, 1.82) is 0 Å². The minimum absolute atomic E-state index is 0.102. The number of hydrogen-bond acceptors (Lipinski definition) is 4. The summed E-state index contributed by atoms with van der Waals surface area (Å²) in [4.78, 5) is 24.5. The molecule has 0 aliphatic carbocycles. The third-order valence-electron chi connectivity index (χ3n) is 1.94. The molecule has 92 valence electrons. The van der Waals surface area contributed by atoms with E-state index in [-0.39, 0.29) is 5.43 Å². The topological polar surface area (TPSA) is 51.5 Å². The van der Waals surface area contributed by atoms with Crippen LogP contribution in [0, 0.1) is 0 Å². The molecule has 0 saturated heterocycles. The van der Waals surface area contributed by atoms with Crippen molar-refractivity contribution in [3.63, 3.8) is 0 Å². The summed E-state index contributed by atoms with van der Waals surface area (Å²) < 4.78 is 6.51. The van der Waals surface area contributed by atoms with Crippen LogP contribution in [-0.4, -0.2) is 36.1 Å². The van der Waals surface area contributed by atoms with Gasteiger partial charge in [-0.05, 0) is 6.92 Å². The van der Waals surface area contributed by atoms with Crippen LogP contribution in [-0.2, 0) is 9.53 Å². The Morgan fingerprint density at radius 1 is 1.41 bits per heavy atom. The largest absolute Gasteiger partial charge is 0.461 e. The maximum absolute atomic E-state index is 11.7. The summed E-state index contributed by atoms with van der Waals surface area (Å²) in [5.74, 6) is -0.426. The molecule has 0 unspecified atom stereocenters. The molecule has 0 N–H and O–H groups in total. The van der Waals surface area contributed by atoms with Gasteiger partial charge in [-0.15, -0.1) is 0 Å². The summed E-state index contributed by atoms with van der Waals surface area (Å²) in [6.07, 6.45) is 4.71. The molecule has 0 aromatic carbocycles. The highest BCUT2D eigenvalue weighted by Crippen LogP contribution is 2.06. The fourth-order valence-corrected chi connectivity index (χ4v) is 1.25. The quantitative estimate of drug-likeness (QED) is 0.572. The zero-order valence-corrected chi connectivity index (χ0v) is 10.2. The van der Waals surface area contributed by atoms with Gasteiger partial charge in [-0.25, -0.2) is 4.79 Å². The minimum atomic E-state index is -0.426. The van der Waals surface area contributed by atoms with E-state index in [1.54, 1.807) is 22.6 Å². The van der Waals surface area contributed by atoms with Crippen molar-refractivity contribution in [2.24, 2.45) is 0 Å². The van der Waals surface area contributed by atoms with E-state index in [0.717, 1.165) is 0 Å². The predicted molar refractivity (Wildman–Crippen MR) is 65.3 cm³/mol. The molecule has 1 aromatic heterocycles. The van der Waals surface area contributed by atoms with Gasteiger partial charge in [0, 0.05) is 44.8 Å². The first-order valence-electron chi connectivity index (χ1n) is 5.28. The van der Waals surface area contributed by atoms with Crippen LogP contribution in [0.25, 0.3) is 5.70 Å². The summed E-state index contributed by atoms with van der Waals surface area (Å²) >= 11 is 0. The molecule has 0 radical (unpaired) electrons. The number of aromatic nitrogens is 1. The molecule has 0 amide bonds. The molecule has 0 bridgehead atoms. The van der Waals surface area contributed by atoms with E-state index in [1.807, 2.05) is 14.1 Å². The number of pyridine rings is 1. The van der Waals surface area contributed by atoms with Gasteiger partial charge in [0.15, 0.2) is 5.43 Å². The van der Waals surface area contributed by atoms with Crippen molar-refractivity contribution in [3.8, 4) is 0 Å². The van der Waals surface area contributed by atoms with Crippen LogP contribution in [0.3, 0.4) is 0 Å². The summed E-state index contributed by atoms with van der Waals surface area (Å²) in [6, 6.07) is 2.78. The Bertz CT molecular complexity index is 454. The van der Waals surface area contributed by atoms with Gasteiger partial charge in [-0.2, -0.15) is 0 Å². The van der Waals surface area contributed by atoms with Crippen LogP contribution in [0.2, 0.25) is 0 Å². The van der Waals surface area contributed by atoms with Crippen LogP contribution in [0.5, 0.6) is 0 Å². The molecule has 0 saturated carbocycles. The molecule has 1 rings (SSSR count). The number of nitrogens with zero attached hydrogens (tertiary/aromatic N) is 2. The van der Waals surface area contributed by atoms with E-state index in [1.165, 1.54) is 24.5 Å². The van der Waals surface area contributed by atoms with Crippen molar-refractivity contribution >= 4 is 11.7 Å². The van der Waals surface area contributed by atoms with Crippen LogP contribution >= 0.6 is 0 Å². The first-order valence-corrected chi connectivity index (χ1v) is 5.28. The van der Waals surface area contributed by atoms with Crippen LogP contribution < -0.4 is 5.43 Å². The molecular weight excluding hydrogens is 220 g/mol. The van der Waals surface area contributed by atoms with Crippen molar-refractivity contribution < 1.29 is 9.53 Å². The second-order valence-electron chi connectivity index (χ2n) is 3.64. The third kappa shape index (κ3) is 3.79. The lowest BCUT2D eigenvalue weighted by molar-refractivity contribution is -0.136. The highest BCUT2D eigenvalue weighted by atomic mass is 16.5. The third-order valence-corrected chi connectivity index (χ3v) is 1.94. The number of hydrogen-bond donors (Lipinski definition) is 0.